The average molecular weight is 371 g/mol. The molecule has 5 heteroatoms. The minimum absolute atomic E-state index is 0.0958. The van der Waals surface area contributed by atoms with E-state index in [9.17, 15) is 9.18 Å². The molecule has 0 radical (unpaired) electrons. The molecule has 138 valence electrons. The minimum Gasteiger partial charge on any atom is -0.381 e. The number of hydrogen-bond donors (Lipinski definition) is 1. The maximum absolute atomic E-state index is 14.9. The fraction of sp³-hybridized carbons (Fsp3) is 0.130. The van der Waals surface area contributed by atoms with Crippen LogP contribution < -0.4 is 5.32 Å². The predicted octanol–water partition coefficient (Wildman–Crippen LogP) is 4.23. The highest BCUT2D eigenvalue weighted by Gasteiger charge is 2.28. The third-order valence-corrected chi connectivity index (χ3v) is 5.29. The Labute approximate surface area is 162 Å². The van der Waals surface area contributed by atoms with Crippen molar-refractivity contribution < 1.29 is 9.18 Å². The second kappa shape index (κ2) is 6.60. The summed E-state index contributed by atoms with van der Waals surface area (Å²) in [5, 5.41) is 3.33. The number of para-hydroxylation sites is 1. The highest BCUT2D eigenvalue weighted by atomic mass is 19.1. The summed E-state index contributed by atoms with van der Waals surface area (Å²) in [4.78, 5) is 18.4. The first-order valence-corrected chi connectivity index (χ1v) is 9.26. The molecule has 3 heterocycles. The van der Waals surface area contributed by atoms with Gasteiger partial charge < -0.3 is 10.2 Å². The summed E-state index contributed by atoms with van der Waals surface area (Å²) < 4.78 is 14.9. The molecular weight excluding hydrogens is 353 g/mol. The monoisotopic (exact) mass is 371 g/mol. The van der Waals surface area contributed by atoms with E-state index >= 15 is 0 Å². The van der Waals surface area contributed by atoms with Crippen molar-refractivity contribution in [2.45, 2.75) is 13.1 Å². The van der Waals surface area contributed by atoms with Crippen molar-refractivity contribution >= 4 is 17.2 Å². The molecular formula is C23H18FN3O. The number of carbonyl (C=O) groups is 1. The summed E-state index contributed by atoms with van der Waals surface area (Å²) in [6.07, 6.45) is 3.75. The molecule has 0 spiro atoms. The van der Waals surface area contributed by atoms with Gasteiger partial charge in [-0.3, -0.25) is 9.78 Å². The van der Waals surface area contributed by atoms with Gasteiger partial charge in [-0.25, -0.2) is 4.39 Å². The molecule has 2 aromatic carbocycles. The number of pyridine rings is 1. The van der Waals surface area contributed by atoms with E-state index in [-0.39, 0.29) is 18.3 Å². The Morgan fingerprint density at radius 2 is 1.93 bits per heavy atom. The zero-order valence-electron chi connectivity index (χ0n) is 15.2. The first-order valence-electron chi connectivity index (χ1n) is 9.26. The molecule has 0 bridgehead atoms. The molecule has 0 atom stereocenters. The van der Waals surface area contributed by atoms with Gasteiger partial charge in [-0.2, -0.15) is 0 Å². The Hall–Kier alpha value is -3.47. The van der Waals surface area contributed by atoms with Crippen molar-refractivity contribution in [2.75, 3.05) is 11.9 Å². The van der Waals surface area contributed by atoms with Crippen LogP contribution in [-0.2, 0) is 13.1 Å². The molecule has 1 N–H and O–H groups in total. The summed E-state index contributed by atoms with van der Waals surface area (Å²) in [6, 6.07) is 16.8. The quantitative estimate of drug-likeness (QED) is 0.749. The smallest absolute Gasteiger partial charge is 0.256 e. The standard InChI is InChI=1S/C23H18FN3O/c24-20-12-15(17-9-11-26-21-6-2-1-4-18(17)21)7-8-16(20)13-27-14-22-19(23(27)28)5-3-10-25-22/h1-10,12,26H,11,13-14H2. The van der Waals surface area contributed by atoms with E-state index in [2.05, 4.69) is 16.4 Å². The predicted molar refractivity (Wildman–Crippen MR) is 106 cm³/mol. The van der Waals surface area contributed by atoms with Crippen molar-refractivity contribution in [3.63, 3.8) is 0 Å². The van der Waals surface area contributed by atoms with Crippen molar-refractivity contribution in [3.05, 3.63) is 101 Å². The van der Waals surface area contributed by atoms with Gasteiger partial charge in [0.05, 0.1) is 17.8 Å². The summed E-state index contributed by atoms with van der Waals surface area (Å²) in [6.45, 7) is 1.36. The van der Waals surface area contributed by atoms with E-state index in [4.69, 9.17) is 0 Å². The summed E-state index contributed by atoms with van der Waals surface area (Å²) in [5.74, 6) is -0.396. The van der Waals surface area contributed by atoms with Crippen LogP contribution in [0.3, 0.4) is 0 Å². The van der Waals surface area contributed by atoms with Crippen LogP contribution >= 0.6 is 0 Å². The minimum atomic E-state index is -0.300. The van der Waals surface area contributed by atoms with Crippen molar-refractivity contribution in [1.82, 2.24) is 9.88 Å². The van der Waals surface area contributed by atoms with Crippen LogP contribution in [0.15, 0.2) is 66.9 Å². The van der Waals surface area contributed by atoms with E-state index < -0.39 is 0 Å². The maximum Gasteiger partial charge on any atom is 0.256 e. The highest BCUT2D eigenvalue weighted by Crippen LogP contribution is 2.33. The second-order valence-corrected chi connectivity index (χ2v) is 7.01. The molecule has 1 aromatic heterocycles. The van der Waals surface area contributed by atoms with Gasteiger partial charge in [0, 0.05) is 36.1 Å². The number of carbonyl (C=O) groups excluding carboxylic acids is 1. The first kappa shape index (κ1) is 16.7. The van der Waals surface area contributed by atoms with Gasteiger partial charge in [0.1, 0.15) is 5.82 Å². The van der Waals surface area contributed by atoms with Crippen molar-refractivity contribution in [1.29, 1.82) is 0 Å². The number of fused-ring (bicyclic) bond motifs is 2. The largest absolute Gasteiger partial charge is 0.381 e. The number of aromatic nitrogens is 1. The fourth-order valence-electron chi connectivity index (χ4n) is 3.88. The normalized spacial score (nSPS) is 15.0. The zero-order valence-corrected chi connectivity index (χ0v) is 15.2. The Balaban J connectivity index is 1.41. The highest BCUT2D eigenvalue weighted by molar-refractivity contribution is 5.97. The van der Waals surface area contributed by atoms with Gasteiger partial charge in [0.15, 0.2) is 0 Å². The lowest BCUT2D eigenvalue weighted by molar-refractivity contribution is 0.0765. The van der Waals surface area contributed by atoms with E-state index in [0.717, 1.165) is 28.1 Å². The Kier molecular flexibility index (Phi) is 3.93. The topological polar surface area (TPSA) is 45.2 Å². The lowest BCUT2D eigenvalue weighted by Crippen LogP contribution is -2.23. The molecule has 2 aliphatic rings. The van der Waals surface area contributed by atoms with Crippen molar-refractivity contribution in [2.24, 2.45) is 0 Å². The summed E-state index contributed by atoms with van der Waals surface area (Å²) >= 11 is 0. The van der Waals surface area contributed by atoms with Crippen LogP contribution in [0.25, 0.3) is 5.57 Å². The van der Waals surface area contributed by atoms with Crippen LogP contribution in [0.5, 0.6) is 0 Å². The second-order valence-electron chi connectivity index (χ2n) is 7.01. The van der Waals surface area contributed by atoms with Crippen LogP contribution in [0.4, 0.5) is 10.1 Å². The number of anilines is 1. The number of amides is 1. The molecule has 0 saturated carbocycles. The first-order chi connectivity index (χ1) is 13.7. The van der Waals surface area contributed by atoms with Crippen LogP contribution in [0, 0.1) is 5.82 Å². The van der Waals surface area contributed by atoms with E-state index in [0.29, 0.717) is 24.2 Å². The van der Waals surface area contributed by atoms with Crippen LogP contribution in [-0.4, -0.2) is 22.3 Å². The summed E-state index contributed by atoms with van der Waals surface area (Å²) in [5.41, 5.74) is 5.85. The number of nitrogens with one attached hydrogen (secondary N) is 1. The Morgan fingerprint density at radius 3 is 2.79 bits per heavy atom. The molecule has 0 aliphatic carbocycles. The van der Waals surface area contributed by atoms with Crippen LogP contribution in [0.1, 0.15) is 32.7 Å². The third-order valence-electron chi connectivity index (χ3n) is 5.29. The number of hydrogen-bond acceptors (Lipinski definition) is 3. The zero-order chi connectivity index (χ0) is 19.1. The Morgan fingerprint density at radius 1 is 1.07 bits per heavy atom. The van der Waals surface area contributed by atoms with E-state index in [1.165, 1.54) is 0 Å². The molecule has 0 saturated heterocycles. The lowest BCUT2D eigenvalue weighted by atomic mass is 9.93. The van der Waals surface area contributed by atoms with Gasteiger partial charge in [0.2, 0.25) is 0 Å². The molecule has 3 aromatic rings. The number of nitrogens with zero attached hydrogens (tertiary/aromatic N) is 2. The fourth-order valence-corrected chi connectivity index (χ4v) is 3.88. The molecule has 28 heavy (non-hydrogen) atoms. The number of rotatable bonds is 3. The van der Waals surface area contributed by atoms with Gasteiger partial charge in [-0.1, -0.05) is 36.4 Å². The molecule has 0 fully saturated rings. The van der Waals surface area contributed by atoms with Gasteiger partial charge in [0.25, 0.3) is 5.91 Å². The van der Waals surface area contributed by atoms with E-state index in [1.54, 1.807) is 35.4 Å². The van der Waals surface area contributed by atoms with Crippen molar-refractivity contribution in [3.8, 4) is 0 Å². The molecule has 1 amide bonds. The lowest BCUT2D eigenvalue weighted by Gasteiger charge is -2.20. The van der Waals surface area contributed by atoms with Gasteiger partial charge in [-0.15, -0.1) is 0 Å². The molecule has 5 rings (SSSR count). The molecule has 2 aliphatic heterocycles. The summed E-state index contributed by atoms with van der Waals surface area (Å²) in [7, 11) is 0. The Bertz CT molecular complexity index is 1120. The molecule has 0 unspecified atom stereocenters. The van der Waals surface area contributed by atoms with Crippen LogP contribution in [0.2, 0.25) is 0 Å². The number of benzene rings is 2. The van der Waals surface area contributed by atoms with E-state index in [1.807, 2.05) is 30.3 Å². The number of halogens is 1. The maximum atomic E-state index is 14.9. The molecule has 4 nitrogen and oxygen atoms in total. The SMILES string of the molecule is O=C1c2cccnc2CN1Cc1ccc(C2=CCNc3ccccc32)cc1F. The average Bonchev–Trinajstić information content (AvgIpc) is 3.05. The van der Waals surface area contributed by atoms with Gasteiger partial charge in [-0.05, 0) is 35.4 Å². The van der Waals surface area contributed by atoms with Gasteiger partial charge >= 0.3 is 0 Å². The third kappa shape index (κ3) is 2.76.